The molecule has 1 aromatic carbocycles. The maximum Gasteiger partial charge on any atom is 0.0245 e. The summed E-state index contributed by atoms with van der Waals surface area (Å²) in [5, 5.41) is 0. The van der Waals surface area contributed by atoms with Crippen molar-refractivity contribution in [3.8, 4) is 11.8 Å². The van der Waals surface area contributed by atoms with Crippen molar-refractivity contribution in [3.63, 3.8) is 0 Å². The molecule has 0 radical (unpaired) electrons. The molecule has 0 unspecified atom stereocenters. The summed E-state index contributed by atoms with van der Waals surface area (Å²) < 4.78 is 0. The van der Waals surface area contributed by atoms with E-state index in [1.54, 1.807) is 0 Å². The first-order chi connectivity index (χ1) is 11.6. The molecule has 138 valence electrons. The molecule has 2 rings (SSSR count). The summed E-state index contributed by atoms with van der Waals surface area (Å²) in [6, 6.07) is 8.79. The van der Waals surface area contributed by atoms with Crippen LogP contribution in [0.1, 0.15) is 59.1 Å². The zero-order chi connectivity index (χ0) is 18.5. The Morgan fingerprint density at radius 3 is 1.92 bits per heavy atom. The molecule has 1 aromatic rings. The lowest BCUT2D eigenvalue weighted by molar-refractivity contribution is 0.116. The van der Waals surface area contributed by atoms with Crippen LogP contribution in [0.3, 0.4) is 0 Å². The van der Waals surface area contributed by atoms with Gasteiger partial charge in [-0.05, 0) is 56.8 Å². The maximum absolute atomic E-state index is 3.30. The highest BCUT2D eigenvalue weighted by Gasteiger charge is 2.19. The van der Waals surface area contributed by atoms with Gasteiger partial charge in [-0.15, -0.1) is 0 Å². The van der Waals surface area contributed by atoms with Crippen molar-refractivity contribution < 1.29 is 0 Å². The minimum Gasteiger partial charge on any atom is -0.301 e. The molecule has 1 heterocycles. The molecule has 0 N–H and O–H groups in total. The van der Waals surface area contributed by atoms with Crippen LogP contribution in [0.5, 0.6) is 0 Å². The second-order valence-electron chi connectivity index (χ2n) is 9.63. The summed E-state index contributed by atoms with van der Waals surface area (Å²) >= 11 is 0. The Hall–Kier alpha value is -1.30. The van der Waals surface area contributed by atoms with Gasteiger partial charge in [0.25, 0.3) is 0 Å². The molecule has 0 saturated carbocycles. The number of benzene rings is 1. The van der Waals surface area contributed by atoms with Crippen molar-refractivity contribution in [2.24, 2.45) is 10.8 Å². The van der Waals surface area contributed by atoms with E-state index in [0.717, 1.165) is 12.1 Å². The minimum atomic E-state index is 0.0608. The SMILES string of the molecule is CC(C)(C)C#Cc1ccc(CN2CCN(CCC(C)(C)C)CC2)cc1. The van der Waals surface area contributed by atoms with Crippen molar-refractivity contribution in [2.75, 3.05) is 32.7 Å². The third-order valence-electron chi connectivity index (χ3n) is 4.58. The van der Waals surface area contributed by atoms with E-state index in [9.17, 15) is 0 Å². The van der Waals surface area contributed by atoms with Crippen LogP contribution >= 0.6 is 0 Å². The van der Waals surface area contributed by atoms with Crippen molar-refractivity contribution in [1.29, 1.82) is 0 Å². The zero-order valence-corrected chi connectivity index (χ0v) is 17.2. The topological polar surface area (TPSA) is 6.48 Å². The second kappa shape index (κ2) is 8.39. The summed E-state index contributed by atoms with van der Waals surface area (Å²) in [5.41, 5.74) is 3.01. The Balaban J connectivity index is 1.79. The third-order valence-corrected chi connectivity index (χ3v) is 4.58. The number of hydrogen-bond donors (Lipinski definition) is 0. The smallest absolute Gasteiger partial charge is 0.0245 e. The lowest BCUT2D eigenvalue weighted by Crippen LogP contribution is -2.46. The quantitative estimate of drug-likeness (QED) is 0.737. The van der Waals surface area contributed by atoms with Gasteiger partial charge in [0, 0.05) is 43.7 Å². The minimum absolute atomic E-state index is 0.0608. The fourth-order valence-electron chi connectivity index (χ4n) is 2.88. The molecule has 0 bridgehead atoms. The van der Waals surface area contributed by atoms with Gasteiger partial charge in [-0.2, -0.15) is 0 Å². The van der Waals surface area contributed by atoms with Gasteiger partial charge in [0.05, 0.1) is 0 Å². The van der Waals surface area contributed by atoms with Crippen LogP contribution in [-0.4, -0.2) is 42.5 Å². The van der Waals surface area contributed by atoms with Gasteiger partial charge < -0.3 is 4.90 Å². The molecule has 1 aliphatic rings. The highest BCUT2D eigenvalue weighted by molar-refractivity contribution is 5.37. The molecule has 25 heavy (non-hydrogen) atoms. The highest BCUT2D eigenvalue weighted by Crippen LogP contribution is 2.19. The Morgan fingerprint density at radius 2 is 1.40 bits per heavy atom. The van der Waals surface area contributed by atoms with E-state index < -0.39 is 0 Å². The van der Waals surface area contributed by atoms with Gasteiger partial charge in [0.2, 0.25) is 0 Å². The largest absolute Gasteiger partial charge is 0.301 e. The molecule has 0 atom stereocenters. The van der Waals surface area contributed by atoms with Crippen molar-refractivity contribution in [1.82, 2.24) is 9.80 Å². The predicted octanol–water partition coefficient (Wildman–Crippen LogP) is 4.64. The summed E-state index contributed by atoms with van der Waals surface area (Å²) in [4.78, 5) is 5.19. The molecule has 1 aliphatic heterocycles. The van der Waals surface area contributed by atoms with Crippen LogP contribution in [0, 0.1) is 22.7 Å². The second-order valence-corrected chi connectivity index (χ2v) is 9.63. The number of nitrogens with zero attached hydrogens (tertiary/aromatic N) is 2. The van der Waals surface area contributed by atoms with Crippen molar-refractivity contribution in [2.45, 2.75) is 54.5 Å². The zero-order valence-electron chi connectivity index (χ0n) is 17.2. The molecule has 0 amide bonds. The van der Waals surface area contributed by atoms with E-state index in [1.807, 2.05) is 0 Å². The third kappa shape index (κ3) is 8.08. The summed E-state index contributed by atoms with van der Waals surface area (Å²) in [7, 11) is 0. The Labute approximate surface area is 155 Å². The molecule has 0 spiro atoms. The fourth-order valence-corrected chi connectivity index (χ4v) is 2.88. The van der Waals surface area contributed by atoms with E-state index >= 15 is 0 Å². The number of hydrogen-bond acceptors (Lipinski definition) is 2. The van der Waals surface area contributed by atoms with Gasteiger partial charge in [-0.25, -0.2) is 0 Å². The Kier molecular flexibility index (Phi) is 6.72. The normalized spacial score (nSPS) is 17.2. The summed E-state index contributed by atoms with van der Waals surface area (Å²) in [6.07, 6.45) is 1.28. The monoisotopic (exact) mass is 340 g/mol. The summed E-state index contributed by atoms with van der Waals surface area (Å²) in [5.74, 6) is 6.58. The van der Waals surface area contributed by atoms with Gasteiger partial charge in [0.1, 0.15) is 0 Å². The number of rotatable bonds is 4. The van der Waals surface area contributed by atoms with E-state index in [1.165, 1.54) is 44.7 Å². The molecule has 1 fully saturated rings. The van der Waals surface area contributed by atoms with Gasteiger partial charge in [0.15, 0.2) is 0 Å². The van der Waals surface area contributed by atoms with Crippen LogP contribution in [-0.2, 0) is 6.54 Å². The lowest BCUT2D eigenvalue weighted by Gasteiger charge is -2.36. The van der Waals surface area contributed by atoms with Gasteiger partial charge in [-0.3, -0.25) is 4.90 Å². The highest BCUT2D eigenvalue weighted by atomic mass is 15.3. The average Bonchev–Trinajstić information content (AvgIpc) is 2.52. The Morgan fingerprint density at radius 1 is 0.840 bits per heavy atom. The predicted molar refractivity (Wildman–Crippen MR) is 109 cm³/mol. The van der Waals surface area contributed by atoms with Crippen LogP contribution < -0.4 is 0 Å². The molecule has 0 aliphatic carbocycles. The van der Waals surface area contributed by atoms with Crippen molar-refractivity contribution in [3.05, 3.63) is 35.4 Å². The summed E-state index contributed by atoms with van der Waals surface area (Å²) in [6.45, 7) is 20.5. The first kappa shape index (κ1) is 20.0. The van der Waals surface area contributed by atoms with Crippen molar-refractivity contribution >= 4 is 0 Å². The lowest BCUT2D eigenvalue weighted by atomic mass is 9.92. The first-order valence-electron chi connectivity index (χ1n) is 9.68. The van der Waals surface area contributed by atoms with E-state index in [2.05, 4.69) is 87.4 Å². The van der Waals surface area contributed by atoms with Crippen LogP contribution in [0.25, 0.3) is 0 Å². The Bertz CT molecular complexity index is 582. The average molecular weight is 341 g/mol. The first-order valence-corrected chi connectivity index (χ1v) is 9.68. The van der Waals surface area contributed by atoms with E-state index in [0.29, 0.717) is 5.41 Å². The molecular weight excluding hydrogens is 304 g/mol. The standard InChI is InChI=1S/C23H36N2/c1-22(2,3)12-11-20-7-9-21(10-8-20)19-25-17-15-24(16-18-25)14-13-23(4,5)6/h7-10H,13-19H2,1-6H3. The van der Waals surface area contributed by atoms with Crippen LogP contribution in [0.4, 0.5) is 0 Å². The van der Waals surface area contributed by atoms with E-state index in [4.69, 9.17) is 0 Å². The van der Waals surface area contributed by atoms with Crippen LogP contribution in [0.2, 0.25) is 0 Å². The molecule has 2 nitrogen and oxygen atoms in total. The molecule has 0 aromatic heterocycles. The van der Waals surface area contributed by atoms with Gasteiger partial charge in [-0.1, -0.05) is 44.7 Å². The fraction of sp³-hybridized carbons (Fsp3) is 0.652. The molecular formula is C23H36N2. The molecule has 1 saturated heterocycles. The van der Waals surface area contributed by atoms with E-state index in [-0.39, 0.29) is 5.41 Å². The van der Waals surface area contributed by atoms with Crippen LogP contribution in [0.15, 0.2) is 24.3 Å². The maximum atomic E-state index is 3.30. The number of piperazine rings is 1. The molecule has 2 heteroatoms. The van der Waals surface area contributed by atoms with Gasteiger partial charge >= 0.3 is 0 Å².